The fraction of sp³-hybridized carbons (Fsp3) is 0.562. The number of aromatic nitrogens is 2. The molecule has 21 heavy (non-hydrogen) atoms. The van der Waals surface area contributed by atoms with Crippen LogP contribution in [0.2, 0.25) is 0 Å². The van der Waals surface area contributed by atoms with E-state index in [1.54, 1.807) is 6.92 Å². The van der Waals surface area contributed by atoms with E-state index in [1.807, 2.05) is 6.07 Å². The van der Waals surface area contributed by atoms with Crippen LogP contribution in [0, 0.1) is 12.7 Å². The van der Waals surface area contributed by atoms with Crippen molar-refractivity contribution in [3.05, 3.63) is 29.3 Å². The fourth-order valence-corrected chi connectivity index (χ4v) is 2.65. The highest BCUT2D eigenvalue weighted by molar-refractivity contribution is 6.16. The largest absolute Gasteiger partial charge is 0.326 e. The predicted molar refractivity (Wildman–Crippen MR) is 86.4 cm³/mol. The van der Waals surface area contributed by atoms with Gasteiger partial charge in [-0.3, -0.25) is 0 Å². The van der Waals surface area contributed by atoms with E-state index in [9.17, 15) is 4.39 Å². The van der Waals surface area contributed by atoms with Gasteiger partial charge in [0.2, 0.25) is 0 Å². The second kappa shape index (κ2) is 6.75. The Bertz CT molecular complexity index is 623. The van der Waals surface area contributed by atoms with Crippen LogP contribution in [0.3, 0.4) is 0 Å². The zero-order chi connectivity index (χ0) is 15.6. The summed E-state index contributed by atoms with van der Waals surface area (Å²) in [6.07, 6.45) is 1.12. The molecular weight excluding hydrogens is 289 g/mol. The minimum atomic E-state index is -0.218. The summed E-state index contributed by atoms with van der Waals surface area (Å²) in [6, 6.07) is 3.89. The van der Waals surface area contributed by atoms with Gasteiger partial charge in [-0.15, -0.1) is 11.6 Å². The molecule has 3 nitrogen and oxygen atoms in total. The Balaban J connectivity index is 2.31. The lowest BCUT2D eigenvalue weighted by molar-refractivity contribution is 0.243. The molecule has 0 amide bonds. The normalized spacial score (nSPS) is 13.3. The molecule has 1 unspecified atom stereocenters. The lowest BCUT2D eigenvalue weighted by Gasteiger charge is -2.24. The zero-order valence-corrected chi connectivity index (χ0v) is 13.9. The van der Waals surface area contributed by atoms with E-state index in [1.165, 1.54) is 6.07 Å². The molecule has 0 saturated carbocycles. The zero-order valence-electron chi connectivity index (χ0n) is 13.2. The van der Waals surface area contributed by atoms with Crippen LogP contribution in [0.4, 0.5) is 4.39 Å². The first kappa shape index (κ1) is 16.2. The number of rotatable bonds is 6. The van der Waals surface area contributed by atoms with Crippen molar-refractivity contribution in [1.82, 2.24) is 14.5 Å². The first-order chi connectivity index (χ1) is 9.97. The van der Waals surface area contributed by atoms with Gasteiger partial charge in [-0.05, 0) is 38.9 Å². The van der Waals surface area contributed by atoms with E-state index in [0.717, 1.165) is 30.9 Å². The van der Waals surface area contributed by atoms with Crippen molar-refractivity contribution in [1.29, 1.82) is 0 Å². The Kier molecular flexibility index (Phi) is 5.22. The second-order valence-electron chi connectivity index (χ2n) is 5.64. The summed E-state index contributed by atoms with van der Waals surface area (Å²) in [5.74, 6) is 0.918. The van der Waals surface area contributed by atoms with Gasteiger partial charge in [0.1, 0.15) is 11.6 Å². The lowest BCUT2D eigenvalue weighted by atomic mass is 10.2. The smallest absolute Gasteiger partial charge is 0.128 e. The molecule has 0 spiro atoms. The van der Waals surface area contributed by atoms with Gasteiger partial charge in [0.15, 0.2) is 0 Å². The summed E-state index contributed by atoms with van der Waals surface area (Å²) in [5.41, 5.74) is 2.28. The summed E-state index contributed by atoms with van der Waals surface area (Å²) in [6.45, 7) is 7.90. The van der Waals surface area contributed by atoms with Crippen LogP contribution in [0.5, 0.6) is 0 Å². The summed E-state index contributed by atoms with van der Waals surface area (Å²) < 4.78 is 15.8. The molecule has 0 saturated heterocycles. The molecule has 0 fully saturated rings. The van der Waals surface area contributed by atoms with Crippen LogP contribution in [0.1, 0.15) is 31.7 Å². The van der Waals surface area contributed by atoms with Crippen molar-refractivity contribution in [3.63, 3.8) is 0 Å². The van der Waals surface area contributed by atoms with E-state index < -0.39 is 0 Å². The number of fused-ring (bicyclic) bond motifs is 1. The molecule has 0 aliphatic rings. The van der Waals surface area contributed by atoms with Crippen molar-refractivity contribution < 1.29 is 4.39 Å². The molecule has 1 aromatic heterocycles. The lowest BCUT2D eigenvalue weighted by Crippen LogP contribution is -2.31. The Morgan fingerprint density at radius 3 is 2.76 bits per heavy atom. The highest BCUT2D eigenvalue weighted by atomic mass is 35.5. The first-order valence-electron chi connectivity index (χ1n) is 7.39. The number of likely N-dealkylation sites (N-methyl/N-ethyl adjacent to an activating group) is 1. The molecule has 2 rings (SSSR count). The quantitative estimate of drug-likeness (QED) is 0.753. The van der Waals surface area contributed by atoms with E-state index in [-0.39, 0.29) is 5.82 Å². The molecule has 0 aliphatic heterocycles. The fourth-order valence-electron chi connectivity index (χ4n) is 2.44. The minimum Gasteiger partial charge on any atom is -0.326 e. The highest BCUT2D eigenvalue weighted by Gasteiger charge is 2.14. The van der Waals surface area contributed by atoms with Crippen LogP contribution in [-0.4, -0.2) is 34.1 Å². The van der Waals surface area contributed by atoms with E-state index >= 15 is 0 Å². The number of benzene rings is 1. The predicted octanol–water partition coefficient (Wildman–Crippen LogP) is 3.95. The van der Waals surface area contributed by atoms with Gasteiger partial charge in [0, 0.05) is 25.2 Å². The molecule has 116 valence electrons. The van der Waals surface area contributed by atoms with Crippen molar-refractivity contribution in [2.75, 3.05) is 13.6 Å². The SMILES string of the molecule is CCC(C)N(C)CCn1c(CCl)nc2cc(F)c(C)cc21. The Labute approximate surface area is 130 Å². The molecule has 1 aromatic carbocycles. The Morgan fingerprint density at radius 2 is 2.14 bits per heavy atom. The van der Waals surface area contributed by atoms with Gasteiger partial charge in [-0.2, -0.15) is 0 Å². The van der Waals surface area contributed by atoms with Crippen LogP contribution in [0.25, 0.3) is 11.0 Å². The summed E-state index contributed by atoms with van der Waals surface area (Å²) in [4.78, 5) is 6.77. The van der Waals surface area contributed by atoms with Crippen molar-refractivity contribution in [2.45, 2.75) is 45.7 Å². The molecule has 5 heteroatoms. The number of aryl methyl sites for hydroxylation is 1. The third-order valence-electron chi connectivity index (χ3n) is 4.25. The maximum absolute atomic E-state index is 13.7. The summed E-state index contributed by atoms with van der Waals surface area (Å²) >= 11 is 6.00. The van der Waals surface area contributed by atoms with E-state index in [0.29, 0.717) is 23.0 Å². The van der Waals surface area contributed by atoms with E-state index in [2.05, 4.69) is 35.3 Å². The Morgan fingerprint density at radius 1 is 1.43 bits per heavy atom. The second-order valence-corrected chi connectivity index (χ2v) is 5.91. The number of alkyl halides is 1. The van der Waals surface area contributed by atoms with Gasteiger partial charge >= 0.3 is 0 Å². The monoisotopic (exact) mass is 311 g/mol. The highest BCUT2D eigenvalue weighted by Crippen LogP contribution is 2.21. The maximum Gasteiger partial charge on any atom is 0.128 e. The number of imidazole rings is 1. The minimum absolute atomic E-state index is 0.218. The molecule has 0 aliphatic carbocycles. The Hall–Kier alpha value is -1.13. The van der Waals surface area contributed by atoms with Crippen LogP contribution < -0.4 is 0 Å². The number of hydrogen-bond donors (Lipinski definition) is 0. The third kappa shape index (κ3) is 3.38. The summed E-state index contributed by atoms with van der Waals surface area (Å²) in [5, 5.41) is 0. The molecule has 1 heterocycles. The van der Waals surface area contributed by atoms with Crippen LogP contribution in [0.15, 0.2) is 12.1 Å². The topological polar surface area (TPSA) is 21.1 Å². The molecule has 1 atom stereocenters. The van der Waals surface area contributed by atoms with Crippen molar-refractivity contribution in [2.24, 2.45) is 0 Å². The first-order valence-corrected chi connectivity index (χ1v) is 7.92. The van der Waals surface area contributed by atoms with Crippen molar-refractivity contribution >= 4 is 22.6 Å². The molecule has 0 N–H and O–H groups in total. The number of halogens is 2. The number of hydrogen-bond acceptors (Lipinski definition) is 2. The average Bonchev–Trinajstić information content (AvgIpc) is 2.81. The van der Waals surface area contributed by atoms with Gasteiger partial charge in [0.05, 0.1) is 16.9 Å². The van der Waals surface area contributed by atoms with Crippen molar-refractivity contribution in [3.8, 4) is 0 Å². The van der Waals surface area contributed by atoms with Gasteiger partial charge in [-0.25, -0.2) is 9.37 Å². The van der Waals surface area contributed by atoms with Gasteiger partial charge in [-0.1, -0.05) is 6.92 Å². The van der Waals surface area contributed by atoms with Crippen LogP contribution in [-0.2, 0) is 12.4 Å². The third-order valence-corrected chi connectivity index (χ3v) is 4.49. The molecular formula is C16H23ClFN3. The molecule has 2 aromatic rings. The standard InChI is InChI=1S/C16H23ClFN3/c1-5-12(3)20(4)6-7-21-15-8-11(2)13(18)9-14(15)19-16(21)10-17/h8-9,12H,5-7,10H2,1-4H3. The average molecular weight is 312 g/mol. The molecule has 0 radical (unpaired) electrons. The van der Waals surface area contributed by atoms with E-state index in [4.69, 9.17) is 11.6 Å². The van der Waals surface area contributed by atoms with Gasteiger partial charge < -0.3 is 9.47 Å². The molecule has 0 bridgehead atoms. The number of nitrogens with zero attached hydrogens (tertiary/aromatic N) is 3. The van der Waals surface area contributed by atoms with Gasteiger partial charge in [0.25, 0.3) is 0 Å². The van der Waals surface area contributed by atoms with Crippen LogP contribution >= 0.6 is 11.6 Å². The maximum atomic E-state index is 13.7. The summed E-state index contributed by atoms with van der Waals surface area (Å²) in [7, 11) is 2.12.